The van der Waals surface area contributed by atoms with Gasteiger partial charge in [0.15, 0.2) is 0 Å². The van der Waals surface area contributed by atoms with Crippen LogP contribution in [0.25, 0.3) is 0 Å². The van der Waals surface area contributed by atoms with Crippen LogP contribution in [-0.2, 0) is 23.9 Å². The van der Waals surface area contributed by atoms with Gasteiger partial charge in [0.1, 0.15) is 30.0 Å². The zero-order valence-electron chi connectivity index (χ0n) is 20.0. The number of para-hydroxylation sites is 1. The van der Waals surface area contributed by atoms with E-state index in [0.717, 1.165) is 7.11 Å². The molecule has 1 heterocycles. The topological polar surface area (TPSA) is 187 Å². The zero-order valence-corrected chi connectivity index (χ0v) is 22.0. The Morgan fingerprint density at radius 1 is 1.23 bits per heavy atom. The first-order chi connectivity index (χ1) is 16.1. The van der Waals surface area contributed by atoms with Crippen LogP contribution >= 0.6 is 0 Å². The van der Waals surface area contributed by atoms with Crippen LogP contribution in [0.4, 0.5) is 0 Å². The van der Waals surface area contributed by atoms with E-state index in [-0.39, 0.29) is 42.6 Å². The van der Waals surface area contributed by atoms with Crippen molar-refractivity contribution in [3.63, 3.8) is 0 Å². The second kappa shape index (κ2) is 14.7. The Morgan fingerprint density at radius 2 is 1.89 bits per heavy atom. The molecule has 0 unspecified atom stereocenters. The van der Waals surface area contributed by atoms with E-state index in [1.54, 1.807) is 12.1 Å². The SMILES string of the molecule is CO[C@]1(C(=O)[O-])C[C@H](NC(=O)CCCOc2ccccc2)[C@@H](NC(C)=O)[C@H]([C@H](O)[C@H](O)CO)O1.[Na+]. The number of carbonyl (C=O) groups is 3. The molecular weight excluding hydrogens is 475 g/mol. The van der Waals surface area contributed by atoms with Crippen molar-refractivity contribution in [3.05, 3.63) is 30.3 Å². The number of rotatable bonds is 12. The third kappa shape index (κ3) is 8.69. The molecule has 0 saturated carbocycles. The van der Waals surface area contributed by atoms with E-state index in [1.165, 1.54) is 6.92 Å². The summed E-state index contributed by atoms with van der Waals surface area (Å²) in [5.41, 5.74) is 0. The Labute approximate surface area is 225 Å². The van der Waals surface area contributed by atoms with Gasteiger partial charge in [0.05, 0.1) is 25.3 Å². The monoisotopic (exact) mass is 506 g/mol. The molecule has 35 heavy (non-hydrogen) atoms. The first kappa shape index (κ1) is 31.3. The van der Waals surface area contributed by atoms with Crippen LogP contribution in [0.15, 0.2) is 30.3 Å². The van der Waals surface area contributed by atoms with E-state index in [9.17, 15) is 34.8 Å². The van der Waals surface area contributed by atoms with E-state index in [0.29, 0.717) is 12.2 Å². The largest absolute Gasteiger partial charge is 1.00 e. The number of hydrogen-bond donors (Lipinski definition) is 5. The van der Waals surface area contributed by atoms with E-state index in [4.69, 9.17) is 14.2 Å². The molecule has 13 heteroatoms. The molecule has 0 bridgehead atoms. The molecule has 5 N–H and O–H groups in total. The third-order valence-corrected chi connectivity index (χ3v) is 5.44. The van der Waals surface area contributed by atoms with Crippen LogP contribution in [0.1, 0.15) is 26.2 Å². The Balaban J connectivity index is 0.00000612. The van der Waals surface area contributed by atoms with Gasteiger partial charge in [-0.1, -0.05) is 18.2 Å². The maximum absolute atomic E-state index is 12.6. The second-order valence-electron chi connectivity index (χ2n) is 7.94. The Kier molecular flexibility index (Phi) is 13.1. The van der Waals surface area contributed by atoms with Crippen LogP contribution in [0.3, 0.4) is 0 Å². The number of benzene rings is 1. The molecule has 6 atom stereocenters. The molecule has 12 nitrogen and oxygen atoms in total. The third-order valence-electron chi connectivity index (χ3n) is 5.44. The van der Waals surface area contributed by atoms with Crippen LogP contribution in [0, 0.1) is 0 Å². The number of carboxylic acid groups (broad SMARTS) is 1. The number of ether oxygens (including phenoxy) is 3. The first-order valence-corrected chi connectivity index (χ1v) is 10.8. The Morgan fingerprint density at radius 3 is 2.43 bits per heavy atom. The van der Waals surface area contributed by atoms with Crippen molar-refractivity contribution < 1.29 is 78.6 Å². The normalized spacial score (nSPS) is 25.5. The van der Waals surface area contributed by atoms with E-state index in [1.807, 2.05) is 18.2 Å². The molecule has 2 amide bonds. The van der Waals surface area contributed by atoms with Gasteiger partial charge in [-0.05, 0) is 18.6 Å². The summed E-state index contributed by atoms with van der Waals surface area (Å²) in [6, 6.07) is 6.79. The fourth-order valence-corrected chi connectivity index (χ4v) is 3.72. The molecule has 190 valence electrons. The van der Waals surface area contributed by atoms with Crippen molar-refractivity contribution in [2.24, 2.45) is 0 Å². The molecule has 1 aromatic rings. The number of aliphatic hydroxyl groups excluding tert-OH is 3. The smallest absolute Gasteiger partial charge is 0.544 e. The molecule has 2 rings (SSSR count). The summed E-state index contributed by atoms with van der Waals surface area (Å²) >= 11 is 0. The van der Waals surface area contributed by atoms with Gasteiger partial charge >= 0.3 is 29.6 Å². The van der Waals surface area contributed by atoms with Gasteiger partial charge in [-0.25, -0.2) is 0 Å². The fourth-order valence-electron chi connectivity index (χ4n) is 3.72. The molecule has 0 aromatic heterocycles. The average Bonchev–Trinajstić information content (AvgIpc) is 2.82. The number of amides is 2. The van der Waals surface area contributed by atoms with Crippen molar-refractivity contribution in [2.75, 3.05) is 20.3 Å². The van der Waals surface area contributed by atoms with E-state index in [2.05, 4.69) is 10.6 Å². The van der Waals surface area contributed by atoms with Gasteiger partial charge < -0.3 is 50.1 Å². The van der Waals surface area contributed by atoms with Crippen molar-refractivity contribution in [1.29, 1.82) is 0 Å². The molecule has 1 fully saturated rings. The number of carbonyl (C=O) groups excluding carboxylic acids is 3. The molecule has 1 aliphatic rings. The summed E-state index contributed by atoms with van der Waals surface area (Å²) in [6.07, 6.45) is -5.20. The maximum atomic E-state index is 12.6. The summed E-state index contributed by atoms with van der Waals surface area (Å²) in [5.74, 6) is -4.54. The van der Waals surface area contributed by atoms with Crippen LogP contribution < -0.4 is 50.0 Å². The maximum Gasteiger partial charge on any atom is 1.00 e. The fraction of sp³-hybridized carbons (Fsp3) is 0.591. The number of aliphatic carboxylic acids is 1. The summed E-state index contributed by atoms with van der Waals surface area (Å²) in [4.78, 5) is 36.3. The van der Waals surface area contributed by atoms with Gasteiger partial charge in [0.25, 0.3) is 0 Å². The number of hydrogen-bond acceptors (Lipinski definition) is 10. The van der Waals surface area contributed by atoms with Gasteiger partial charge in [-0.15, -0.1) is 0 Å². The van der Waals surface area contributed by atoms with Gasteiger partial charge in [-0.3, -0.25) is 9.59 Å². The molecule has 0 spiro atoms. The Hall–Kier alpha value is -1.77. The van der Waals surface area contributed by atoms with Crippen molar-refractivity contribution in [3.8, 4) is 5.75 Å². The van der Waals surface area contributed by atoms with Crippen LogP contribution in [0.2, 0.25) is 0 Å². The van der Waals surface area contributed by atoms with Gasteiger partial charge in [0.2, 0.25) is 17.6 Å². The number of carboxylic acids is 1. The molecule has 0 radical (unpaired) electrons. The van der Waals surface area contributed by atoms with Crippen LogP contribution in [-0.4, -0.2) is 89.6 Å². The molecule has 1 aromatic carbocycles. The summed E-state index contributed by atoms with van der Waals surface area (Å²) in [7, 11) is 1.04. The molecule has 1 aliphatic heterocycles. The number of methoxy groups -OCH3 is 1. The second-order valence-corrected chi connectivity index (χ2v) is 7.94. The van der Waals surface area contributed by atoms with Crippen molar-refractivity contribution in [1.82, 2.24) is 10.6 Å². The van der Waals surface area contributed by atoms with E-state index >= 15 is 0 Å². The minimum Gasteiger partial charge on any atom is -0.544 e. The minimum atomic E-state index is -2.38. The number of aliphatic hydroxyl groups is 3. The summed E-state index contributed by atoms with van der Waals surface area (Å²) < 4.78 is 16.0. The van der Waals surface area contributed by atoms with Crippen LogP contribution in [0.5, 0.6) is 5.75 Å². The molecule has 1 saturated heterocycles. The Bertz CT molecular complexity index is 830. The van der Waals surface area contributed by atoms with E-state index < -0.39 is 67.0 Å². The van der Waals surface area contributed by atoms with Crippen molar-refractivity contribution >= 4 is 17.8 Å². The quantitative estimate of drug-likeness (QED) is 0.135. The van der Waals surface area contributed by atoms with Gasteiger partial charge in [-0.2, -0.15) is 0 Å². The zero-order chi connectivity index (χ0) is 25.3. The first-order valence-electron chi connectivity index (χ1n) is 10.8. The summed E-state index contributed by atoms with van der Waals surface area (Å²) in [5, 5.41) is 46.6. The van der Waals surface area contributed by atoms with Gasteiger partial charge in [0, 0.05) is 26.9 Å². The summed E-state index contributed by atoms with van der Waals surface area (Å²) in [6.45, 7) is 0.575. The standard InChI is InChI=1S/C22H32N2O10.Na/c1-13(26)23-18-15(24-17(28)9-6-10-33-14-7-4-3-5-8-14)11-22(32-2,21(30)31)34-20(18)19(29)16(27)12-25;/h3-5,7-8,15-16,18-20,25,27,29H,6,9-12H2,1-2H3,(H,23,26)(H,24,28)(H,30,31);/q;+1/p-1/t15-,16+,18+,19+,20+,22+;/m0./s1. The minimum absolute atomic E-state index is 0. The number of nitrogens with one attached hydrogen (secondary N) is 2. The molecule has 0 aliphatic carbocycles. The molecular formula is C22H31N2NaO10. The van der Waals surface area contributed by atoms with Crippen molar-refractivity contribution in [2.45, 2.75) is 62.4 Å². The predicted octanol–water partition coefficient (Wildman–Crippen LogP) is -5.57. The average molecular weight is 506 g/mol. The predicted molar refractivity (Wildman–Crippen MR) is 114 cm³/mol.